The molecule has 0 radical (unpaired) electrons. The minimum absolute atomic E-state index is 0.0489. The molecule has 1 aliphatic heterocycles. The molecule has 0 aliphatic carbocycles. The first-order chi connectivity index (χ1) is 11.7. The molecule has 0 aromatic heterocycles. The van der Waals surface area contributed by atoms with Gasteiger partial charge < -0.3 is 10.1 Å². The summed E-state index contributed by atoms with van der Waals surface area (Å²) in [7, 11) is 0. The van der Waals surface area contributed by atoms with Gasteiger partial charge >= 0.3 is 0 Å². The fourth-order valence-electron chi connectivity index (χ4n) is 3.52. The SMILES string of the molecule is CCOc1cc2ccccc2cc1C(=O)NC[C@H]1CCCN1CC. The Hall–Kier alpha value is -2.07. The van der Waals surface area contributed by atoms with Crippen molar-refractivity contribution in [2.45, 2.75) is 32.7 Å². The maximum absolute atomic E-state index is 12.7. The van der Waals surface area contributed by atoms with E-state index in [4.69, 9.17) is 4.74 Å². The number of carbonyl (C=O) groups excluding carboxylic acids is 1. The van der Waals surface area contributed by atoms with Crippen molar-refractivity contribution in [2.24, 2.45) is 0 Å². The molecular weight excluding hydrogens is 300 g/mol. The molecule has 3 rings (SSSR count). The molecule has 2 aromatic carbocycles. The molecule has 4 nitrogen and oxygen atoms in total. The molecule has 4 heteroatoms. The lowest BCUT2D eigenvalue weighted by Gasteiger charge is -2.23. The Morgan fingerprint density at radius 1 is 1.25 bits per heavy atom. The lowest BCUT2D eigenvalue weighted by Crippen LogP contribution is -2.40. The van der Waals surface area contributed by atoms with Crippen LogP contribution in [-0.4, -0.2) is 43.1 Å². The van der Waals surface area contributed by atoms with Crippen LogP contribution in [-0.2, 0) is 0 Å². The normalized spacial score (nSPS) is 18.0. The summed E-state index contributed by atoms with van der Waals surface area (Å²) < 4.78 is 5.71. The van der Waals surface area contributed by atoms with Crippen LogP contribution < -0.4 is 10.1 Å². The van der Waals surface area contributed by atoms with Gasteiger partial charge in [0.2, 0.25) is 0 Å². The maximum atomic E-state index is 12.7. The molecule has 24 heavy (non-hydrogen) atoms. The Kier molecular flexibility index (Phi) is 5.36. The third-order valence-corrected chi connectivity index (χ3v) is 4.80. The summed E-state index contributed by atoms with van der Waals surface area (Å²) in [5, 5.41) is 5.25. The number of likely N-dealkylation sites (tertiary alicyclic amines) is 1. The van der Waals surface area contributed by atoms with Crippen molar-refractivity contribution in [3.8, 4) is 5.75 Å². The summed E-state index contributed by atoms with van der Waals surface area (Å²) in [4.78, 5) is 15.2. The van der Waals surface area contributed by atoms with E-state index in [1.165, 1.54) is 6.42 Å². The second-order valence-electron chi connectivity index (χ2n) is 6.26. The average Bonchev–Trinajstić information content (AvgIpc) is 3.07. The van der Waals surface area contributed by atoms with Crippen LogP contribution in [0, 0.1) is 0 Å². The van der Waals surface area contributed by atoms with E-state index in [9.17, 15) is 4.79 Å². The smallest absolute Gasteiger partial charge is 0.255 e. The number of nitrogens with one attached hydrogen (secondary N) is 1. The highest BCUT2D eigenvalue weighted by Gasteiger charge is 2.24. The van der Waals surface area contributed by atoms with Gasteiger partial charge in [-0.25, -0.2) is 0 Å². The van der Waals surface area contributed by atoms with Crippen LogP contribution in [0.2, 0.25) is 0 Å². The number of fused-ring (bicyclic) bond motifs is 1. The van der Waals surface area contributed by atoms with E-state index in [1.807, 2.05) is 43.3 Å². The highest BCUT2D eigenvalue weighted by molar-refractivity contribution is 6.01. The predicted octanol–water partition coefficient (Wildman–Crippen LogP) is 3.45. The minimum atomic E-state index is -0.0489. The number of hydrogen-bond donors (Lipinski definition) is 1. The number of ether oxygens (including phenoxy) is 1. The molecule has 0 bridgehead atoms. The minimum Gasteiger partial charge on any atom is -0.493 e. The summed E-state index contributed by atoms with van der Waals surface area (Å²) in [6.45, 7) is 7.54. The first-order valence-electron chi connectivity index (χ1n) is 8.90. The summed E-state index contributed by atoms with van der Waals surface area (Å²) >= 11 is 0. The van der Waals surface area contributed by atoms with Crippen LogP contribution in [0.25, 0.3) is 10.8 Å². The quantitative estimate of drug-likeness (QED) is 0.884. The summed E-state index contributed by atoms with van der Waals surface area (Å²) in [6, 6.07) is 12.4. The van der Waals surface area contributed by atoms with Gasteiger partial charge in [-0.15, -0.1) is 0 Å². The van der Waals surface area contributed by atoms with Gasteiger partial charge in [-0.1, -0.05) is 31.2 Å². The Morgan fingerprint density at radius 3 is 2.71 bits per heavy atom. The van der Waals surface area contributed by atoms with Crippen LogP contribution in [0.15, 0.2) is 36.4 Å². The van der Waals surface area contributed by atoms with E-state index >= 15 is 0 Å². The van der Waals surface area contributed by atoms with Crippen molar-refractivity contribution in [3.63, 3.8) is 0 Å². The van der Waals surface area contributed by atoms with Crippen LogP contribution >= 0.6 is 0 Å². The van der Waals surface area contributed by atoms with Gasteiger partial charge in [0.1, 0.15) is 5.75 Å². The molecule has 1 atom stereocenters. The lowest BCUT2D eigenvalue weighted by atomic mass is 10.1. The average molecular weight is 326 g/mol. The number of likely N-dealkylation sites (N-methyl/N-ethyl adjacent to an activating group) is 1. The molecule has 1 saturated heterocycles. The zero-order chi connectivity index (χ0) is 16.9. The van der Waals surface area contributed by atoms with Crippen molar-refractivity contribution in [3.05, 3.63) is 42.0 Å². The molecule has 1 N–H and O–H groups in total. The molecule has 1 amide bonds. The maximum Gasteiger partial charge on any atom is 0.255 e. The van der Waals surface area contributed by atoms with Gasteiger partial charge in [-0.05, 0) is 55.8 Å². The first-order valence-corrected chi connectivity index (χ1v) is 8.90. The topological polar surface area (TPSA) is 41.6 Å². The van der Waals surface area contributed by atoms with E-state index in [0.717, 1.165) is 30.3 Å². The number of amides is 1. The zero-order valence-corrected chi connectivity index (χ0v) is 14.5. The van der Waals surface area contributed by atoms with Gasteiger partial charge in [-0.3, -0.25) is 9.69 Å². The highest BCUT2D eigenvalue weighted by atomic mass is 16.5. The molecule has 1 fully saturated rings. The Morgan fingerprint density at radius 2 is 2.00 bits per heavy atom. The van der Waals surface area contributed by atoms with Gasteiger partial charge in [-0.2, -0.15) is 0 Å². The predicted molar refractivity (Wildman–Crippen MR) is 97.7 cm³/mol. The largest absolute Gasteiger partial charge is 0.493 e. The standard InChI is InChI=1S/C20H26N2O2/c1-3-22-11-7-10-17(22)14-21-20(23)18-12-15-8-5-6-9-16(15)13-19(18)24-4-2/h5-6,8-9,12-13,17H,3-4,7,10-11,14H2,1-2H3,(H,21,23)/t17-/m1/s1. The monoisotopic (exact) mass is 326 g/mol. The highest BCUT2D eigenvalue weighted by Crippen LogP contribution is 2.26. The van der Waals surface area contributed by atoms with Crippen LogP contribution in [0.1, 0.15) is 37.0 Å². The molecule has 0 spiro atoms. The molecule has 1 heterocycles. The zero-order valence-electron chi connectivity index (χ0n) is 14.5. The van der Waals surface area contributed by atoms with Gasteiger partial charge in [0.05, 0.1) is 12.2 Å². The van der Waals surface area contributed by atoms with E-state index in [1.54, 1.807) is 0 Å². The van der Waals surface area contributed by atoms with Crippen molar-refractivity contribution in [1.82, 2.24) is 10.2 Å². The van der Waals surface area contributed by atoms with E-state index in [-0.39, 0.29) is 5.91 Å². The van der Waals surface area contributed by atoms with E-state index < -0.39 is 0 Å². The van der Waals surface area contributed by atoms with Crippen molar-refractivity contribution in [2.75, 3.05) is 26.2 Å². The number of nitrogens with zero attached hydrogens (tertiary/aromatic N) is 1. The van der Waals surface area contributed by atoms with Crippen molar-refractivity contribution in [1.29, 1.82) is 0 Å². The Bertz CT molecular complexity index is 714. The molecule has 0 unspecified atom stereocenters. The van der Waals surface area contributed by atoms with Crippen molar-refractivity contribution >= 4 is 16.7 Å². The third kappa shape index (κ3) is 3.54. The van der Waals surface area contributed by atoms with Crippen LogP contribution in [0.4, 0.5) is 0 Å². The van der Waals surface area contributed by atoms with Gasteiger partial charge in [0, 0.05) is 12.6 Å². The summed E-state index contributed by atoms with van der Waals surface area (Å²) in [5.41, 5.74) is 0.622. The summed E-state index contributed by atoms with van der Waals surface area (Å²) in [5.74, 6) is 0.611. The van der Waals surface area contributed by atoms with E-state index in [0.29, 0.717) is 30.5 Å². The molecular formula is C20H26N2O2. The fourth-order valence-corrected chi connectivity index (χ4v) is 3.52. The second kappa shape index (κ2) is 7.67. The first kappa shape index (κ1) is 16.8. The second-order valence-corrected chi connectivity index (χ2v) is 6.26. The Labute approximate surface area is 143 Å². The number of hydrogen-bond acceptors (Lipinski definition) is 3. The van der Waals surface area contributed by atoms with Crippen LogP contribution in [0.5, 0.6) is 5.75 Å². The number of benzene rings is 2. The van der Waals surface area contributed by atoms with Gasteiger partial charge in [0.25, 0.3) is 5.91 Å². The van der Waals surface area contributed by atoms with Gasteiger partial charge in [0.15, 0.2) is 0 Å². The van der Waals surface area contributed by atoms with Crippen LogP contribution in [0.3, 0.4) is 0 Å². The molecule has 128 valence electrons. The Balaban J connectivity index is 1.78. The van der Waals surface area contributed by atoms with E-state index in [2.05, 4.69) is 17.1 Å². The third-order valence-electron chi connectivity index (χ3n) is 4.80. The summed E-state index contributed by atoms with van der Waals surface area (Å²) in [6.07, 6.45) is 2.37. The van der Waals surface area contributed by atoms with Crippen molar-refractivity contribution < 1.29 is 9.53 Å². The molecule has 0 saturated carbocycles. The fraction of sp³-hybridized carbons (Fsp3) is 0.450. The molecule has 2 aromatic rings. The number of carbonyl (C=O) groups is 1. The number of rotatable bonds is 6. The lowest BCUT2D eigenvalue weighted by molar-refractivity contribution is 0.0938. The molecule has 1 aliphatic rings.